The van der Waals surface area contributed by atoms with E-state index in [0.717, 1.165) is 4.31 Å². The minimum atomic E-state index is -3.99. The number of anilines is 2. The molecule has 8 heteroatoms. The molecule has 0 unspecified atom stereocenters. The summed E-state index contributed by atoms with van der Waals surface area (Å²) in [6.07, 6.45) is 0.612. The molecule has 0 radical (unpaired) electrons. The quantitative estimate of drug-likeness (QED) is 0.782. The smallest absolute Gasteiger partial charge is 0.308 e. The second-order valence-electron chi connectivity index (χ2n) is 6.07. The topological polar surface area (TPSA) is 53.2 Å². The Balaban J connectivity index is 1.82. The van der Waals surface area contributed by atoms with Crippen molar-refractivity contribution in [3.05, 3.63) is 59.7 Å². The molecule has 0 amide bonds. The van der Waals surface area contributed by atoms with Crippen molar-refractivity contribution in [2.24, 2.45) is 0 Å². The molecule has 0 bridgehead atoms. The summed E-state index contributed by atoms with van der Waals surface area (Å²) in [6, 6.07) is 9.49. The highest BCUT2D eigenvalue weighted by atomic mass is 32.2. The van der Waals surface area contributed by atoms with Crippen LogP contribution in [-0.2, 0) is 21.5 Å². The number of ether oxygens (including phenoxy) is 1. The fraction of sp³-hybridized carbons (Fsp3) is 0.294. The van der Waals surface area contributed by atoms with E-state index in [0.29, 0.717) is 18.6 Å². The summed E-state index contributed by atoms with van der Waals surface area (Å²) in [7, 11) is -3.99. The maximum absolute atomic E-state index is 14.3. The molecule has 2 aliphatic heterocycles. The standard InChI is InChI=1S/C17H16F2N2O3S/c18-13-5-6-16-12(9-13)10-20(8-7-14-11-24-14)25(22,23)21(16)17-4-2-1-3-15(17)19/h1-6,9,14H,7-8,10-11H2/t14-/m0/s1. The third kappa shape index (κ3) is 3.01. The van der Waals surface area contributed by atoms with Gasteiger partial charge in [0.05, 0.1) is 24.1 Å². The van der Waals surface area contributed by atoms with Crippen molar-refractivity contribution < 1.29 is 21.9 Å². The van der Waals surface area contributed by atoms with Crippen molar-refractivity contribution in [2.75, 3.05) is 17.5 Å². The van der Waals surface area contributed by atoms with Gasteiger partial charge in [-0.3, -0.25) is 0 Å². The van der Waals surface area contributed by atoms with Gasteiger partial charge in [-0.05, 0) is 42.3 Å². The van der Waals surface area contributed by atoms with E-state index in [9.17, 15) is 17.2 Å². The van der Waals surface area contributed by atoms with Gasteiger partial charge in [0.1, 0.15) is 11.6 Å². The predicted octanol–water partition coefficient (Wildman–Crippen LogP) is 2.95. The molecule has 4 rings (SSSR count). The van der Waals surface area contributed by atoms with E-state index >= 15 is 0 Å². The maximum atomic E-state index is 14.3. The number of fused-ring (bicyclic) bond motifs is 1. The fourth-order valence-corrected chi connectivity index (χ4v) is 4.67. The summed E-state index contributed by atoms with van der Waals surface area (Å²) in [5.74, 6) is -1.12. The van der Waals surface area contributed by atoms with E-state index in [-0.39, 0.29) is 30.6 Å². The van der Waals surface area contributed by atoms with Crippen LogP contribution in [0.3, 0.4) is 0 Å². The maximum Gasteiger partial charge on any atom is 0.308 e. The van der Waals surface area contributed by atoms with Gasteiger partial charge < -0.3 is 4.74 Å². The van der Waals surface area contributed by atoms with Gasteiger partial charge in [-0.25, -0.2) is 13.1 Å². The van der Waals surface area contributed by atoms with E-state index < -0.39 is 21.8 Å². The summed E-state index contributed by atoms with van der Waals surface area (Å²) in [5.41, 5.74) is 0.683. The van der Waals surface area contributed by atoms with Gasteiger partial charge in [-0.1, -0.05) is 12.1 Å². The molecule has 0 N–H and O–H groups in total. The highest BCUT2D eigenvalue weighted by Gasteiger charge is 2.39. The van der Waals surface area contributed by atoms with E-state index in [2.05, 4.69) is 0 Å². The minimum Gasteiger partial charge on any atom is -0.373 e. The largest absolute Gasteiger partial charge is 0.373 e. The van der Waals surface area contributed by atoms with Gasteiger partial charge in [0.15, 0.2) is 0 Å². The predicted molar refractivity (Wildman–Crippen MR) is 88.6 cm³/mol. The molecule has 5 nitrogen and oxygen atoms in total. The summed E-state index contributed by atoms with van der Waals surface area (Å²) >= 11 is 0. The average molecular weight is 366 g/mol. The third-order valence-corrected chi connectivity index (χ3v) is 6.16. The first-order chi connectivity index (χ1) is 12.0. The first-order valence-electron chi connectivity index (χ1n) is 7.92. The molecule has 0 aliphatic carbocycles. The Morgan fingerprint density at radius 2 is 1.88 bits per heavy atom. The molecule has 0 aromatic heterocycles. The highest BCUT2D eigenvalue weighted by Crippen LogP contribution is 2.39. The Bertz CT molecular complexity index is 916. The van der Waals surface area contributed by atoms with E-state index in [1.54, 1.807) is 6.07 Å². The number of hydrogen-bond acceptors (Lipinski definition) is 3. The number of nitrogens with zero attached hydrogens (tertiary/aromatic N) is 2. The number of epoxide rings is 1. The second kappa shape index (κ2) is 6.05. The molecule has 1 saturated heterocycles. The molecule has 2 aromatic rings. The molecular weight excluding hydrogens is 350 g/mol. The van der Waals surface area contributed by atoms with Crippen molar-refractivity contribution in [3.63, 3.8) is 0 Å². The van der Waals surface area contributed by atoms with Crippen molar-refractivity contribution >= 4 is 21.6 Å². The van der Waals surface area contributed by atoms with Crippen LogP contribution in [0.2, 0.25) is 0 Å². The van der Waals surface area contributed by atoms with Gasteiger partial charge in [-0.15, -0.1) is 0 Å². The molecule has 2 heterocycles. The summed E-state index contributed by atoms with van der Waals surface area (Å²) < 4.78 is 61.5. The number of para-hydroxylation sites is 1. The van der Waals surface area contributed by atoms with Crippen LogP contribution in [0.15, 0.2) is 42.5 Å². The van der Waals surface area contributed by atoms with Crippen molar-refractivity contribution in [1.29, 1.82) is 0 Å². The molecule has 2 aromatic carbocycles. The molecule has 25 heavy (non-hydrogen) atoms. The molecule has 132 valence electrons. The zero-order valence-electron chi connectivity index (χ0n) is 13.2. The number of hydrogen-bond donors (Lipinski definition) is 0. The molecule has 2 aliphatic rings. The van der Waals surface area contributed by atoms with Gasteiger partial charge in [0.25, 0.3) is 0 Å². The van der Waals surface area contributed by atoms with Crippen LogP contribution in [0.4, 0.5) is 20.2 Å². The summed E-state index contributed by atoms with van der Waals surface area (Å²) in [4.78, 5) is 0. The second-order valence-corrected chi connectivity index (χ2v) is 7.85. The molecule has 1 fully saturated rings. The Morgan fingerprint density at radius 3 is 2.60 bits per heavy atom. The third-order valence-electron chi connectivity index (χ3n) is 4.34. The van der Waals surface area contributed by atoms with Crippen LogP contribution < -0.4 is 4.31 Å². The highest BCUT2D eigenvalue weighted by molar-refractivity contribution is 7.90. The summed E-state index contributed by atoms with van der Waals surface area (Å²) in [5, 5.41) is 0. The van der Waals surface area contributed by atoms with Crippen LogP contribution in [-0.4, -0.2) is 32.0 Å². The lowest BCUT2D eigenvalue weighted by molar-refractivity contribution is 0.345. The lowest BCUT2D eigenvalue weighted by Gasteiger charge is -2.37. The van der Waals surface area contributed by atoms with Crippen LogP contribution in [0, 0.1) is 11.6 Å². The fourth-order valence-electron chi connectivity index (χ4n) is 2.98. The van der Waals surface area contributed by atoms with Crippen LogP contribution >= 0.6 is 0 Å². The lowest BCUT2D eigenvalue weighted by atomic mass is 10.1. The van der Waals surface area contributed by atoms with Crippen LogP contribution in [0.1, 0.15) is 12.0 Å². The Labute approximate surface area is 144 Å². The monoisotopic (exact) mass is 366 g/mol. The lowest BCUT2D eigenvalue weighted by Crippen LogP contribution is -2.46. The average Bonchev–Trinajstić information content (AvgIpc) is 3.38. The first-order valence-corrected chi connectivity index (χ1v) is 9.31. The zero-order valence-corrected chi connectivity index (χ0v) is 14.0. The number of rotatable bonds is 4. The van der Waals surface area contributed by atoms with Gasteiger partial charge in [0.2, 0.25) is 0 Å². The van der Waals surface area contributed by atoms with E-state index in [1.807, 2.05) is 0 Å². The Hall–Kier alpha value is -2.03. The van der Waals surface area contributed by atoms with E-state index in [1.165, 1.54) is 40.7 Å². The van der Waals surface area contributed by atoms with Gasteiger partial charge in [-0.2, -0.15) is 12.7 Å². The molecular formula is C17H16F2N2O3S. The molecule has 1 atom stereocenters. The Kier molecular flexibility index (Phi) is 3.98. The van der Waals surface area contributed by atoms with Crippen LogP contribution in [0.25, 0.3) is 0 Å². The number of benzene rings is 2. The van der Waals surface area contributed by atoms with Crippen molar-refractivity contribution in [2.45, 2.75) is 19.1 Å². The first kappa shape index (κ1) is 16.4. The molecule has 0 saturated carbocycles. The number of halogens is 2. The van der Waals surface area contributed by atoms with Crippen LogP contribution in [0.5, 0.6) is 0 Å². The van der Waals surface area contributed by atoms with Gasteiger partial charge in [0, 0.05) is 13.1 Å². The van der Waals surface area contributed by atoms with E-state index in [4.69, 9.17) is 4.74 Å². The Morgan fingerprint density at radius 1 is 1.12 bits per heavy atom. The summed E-state index contributed by atoms with van der Waals surface area (Å²) in [6.45, 7) is 0.900. The SMILES string of the molecule is O=S1(=O)N(CC[C@H]2CO2)Cc2cc(F)ccc2N1c1ccccc1F. The minimum absolute atomic E-state index is 0.0487. The normalized spacial score (nSPS) is 21.8. The van der Waals surface area contributed by atoms with Gasteiger partial charge >= 0.3 is 10.2 Å². The van der Waals surface area contributed by atoms with Crippen molar-refractivity contribution in [1.82, 2.24) is 4.31 Å². The zero-order chi connectivity index (χ0) is 17.6. The molecule has 0 spiro atoms. The van der Waals surface area contributed by atoms with Crippen molar-refractivity contribution in [3.8, 4) is 0 Å².